The fourth-order valence-corrected chi connectivity index (χ4v) is 3.71. The van der Waals surface area contributed by atoms with Crippen LogP contribution in [0.3, 0.4) is 0 Å². The Morgan fingerprint density at radius 2 is 2.00 bits per heavy atom. The lowest BCUT2D eigenvalue weighted by Crippen LogP contribution is -2.49. The molecular formula is C25H33N5O3. The first-order valence-corrected chi connectivity index (χ1v) is 11.3. The van der Waals surface area contributed by atoms with Crippen molar-refractivity contribution in [2.75, 3.05) is 26.7 Å². The van der Waals surface area contributed by atoms with Gasteiger partial charge in [0.05, 0.1) is 12.6 Å². The molecule has 176 valence electrons. The normalized spacial score (nSPS) is 19.3. The molecular weight excluding hydrogens is 418 g/mol. The Morgan fingerprint density at radius 1 is 1.27 bits per heavy atom. The van der Waals surface area contributed by atoms with E-state index in [1.807, 2.05) is 27.8 Å². The summed E-state index contributed by atoms with van der Waals surface area (Å²) in [5.74, 6) is 6.52. The highest BCUT2D eigenvalue weighted by atomic mass is 16.5. The number of amides is 1. The standard InChI is InChI=1S/C25H33N5O3/c1-17(2)6-7-20-8-22-24(28-11-20)33-23(14-29(5)13-21-9-26-16-27-10-21)18(3)12-30(25(22)32)19(4)15-31/h8-11,16-19,23,31H,12-15H2,1-5H3/t18-,19+,23-/m0/s1. The van der Waals surface area contributed by atoms with Crippen LogP contribution in [0, 0.1) is 23.7 Å². The minimum Gasteiger partial charge on any atom is -0.472 e. The average Bonchev–Trinajstić information content (AvgIpc) is 2.80. The zero-order chi connectivity index (χ0) is 24.0. The molecule has 1 aliphatic rings. The van der Waals surface area contributed by atoms with Crippen molar-refractivity contribution in [1.82, 2.24) is 24.8 Å². The maximum atomic E-state index is 13.4. The third-order valence-electron chi connectivity index (χ3n) is 5.58. The van der Waals surface area contributed by atoms with Crippen molar-refractivity contribution in [1.29, 1.82) is 0 Å². The van der Waals surface area contributed by atoms with E-state index in [2.05, 4.69) is 38.6 Å². The summed E-state index contributed by atoms with van der Waals surface area (Å²) in [6.07, 6.45) is 6.55. The van der Waals surface area contributed by atoms with Crippen LogP contribution in [-0.4, -0.2) is 74.7 Å². The van der Waals surface area contributed by atoms with Crippen molar-refractivity contribution in [3.8, 4) is 17.7 Å². The Hall–Kier alpha value is -3.02. The van der Waals surface area contributed by atoms with Crippen LogP contribution in [0.2, 0.25) is 0 Å². The average molecular weight is 452 g/mol. The Balaban J connectivity index is 1.91. The Labute approximate surface area is 196 Å². The maximum Gasteiger partial charge on any atom is 0.259 e. The second kappa shape index (κ2) is 11.2. The molecule has 0 fully saturated rings. The lowest BCUT2D eigenvalue weighted by molar-refractivity contribution is 0.0325. The van der Waals surface area contributed by atoms with Crippen LogP contribution < -0.4 is 4.74 Å². The van der Waals surface area contributed by atoms with Crippen LogP contribution in [0.25, 0.3) is 0 Å². The number of carbonyl (C=O) groups is 1. The summed E-state index contributed by atoms with van der Waals surface area (Å²) < 4.78 is 6.33. The third-order valence-corrected chi connectivity index (χ3v) is 5.58. The lowest BCUT2D eigenvalue weighted by atomic mass is 9.99. The fourth-order valence-electron chi connectivity index (χ4n) is 3.71. The van der Waals surface area contributed by atoms with Gasteiger partial charge in [-0.3, -0.25) is 9.69 Å². The van der Waals surface area contributed by atoms with E-state index >= 15 is 0 Å². The van der Waals surface area contributed by atoms with Crippen molar-refractivity contribution in [2.45, 2.75) is 46.4 Å². The van der Waals surface area contributed by atoms with Crippen LogP contribution in [0.15, 0.2) is 31.0 Å². The summed E-state index contributed by atoms with van der Waals surface area (Å²) in [4.78, 5) is 29.9. The number of fused-ring (bicyclic) bond motifs is 1. The monoisotopic (exact) mass is 451 g/mol. The fraction of sp³-hybridized carbons (Fsp3) is 0.520. The third kappa shape index (κ3) is 6.50. The Morgan fingerprint density at radius 3 is 2.67 bits per heavy atom. The number of aromatic nitrogens is 3. The number of likely N-dealkylation sites (N-methyl/N-ethyl adjacent to an activating group) is 1. The van der Waals surface area contributed by atoms with Gasteiger partial charge in [0, 0.05) is 61.2 Å². The smallest absolute Gasteiger partial charge is 0.259 e. The summed E-state index contributed by atoms with van der Waals surface area (Å²) in [6.45, 7) is 9.58. The van der Waals surface area contributed by atoms with Gasteiger partial charge in [0.2, 0.25) is 5.88 Å². The van der Waals surface area contributed by atoms with Crippen molar-refractivity contribution in [3.05, 3.63) is 47.7 Å². The summed E-state index contributed by atoms with van der Waals surface area (Å²) in [6, 6.07) is 1.42. The highest BCUT2D eigenvalue weighted by Gasteiger charge is 2.34. The second-order valence-corrected chi connectivity index (χ2v) is 9.07. The minimum atomic E-state index is -0.323. The highest BCUT2D eigenvalue weighted by molar-refractivity contribution is 5.97. The van der Waals surface area contributed by atoms with Gasteiger partial charge in [-0.2, -0.15) is 0 Å². The number of ether oxygens (including phenoxy) is 1. The van der Waals surface area contributed by atoms with E-state index in [-0.39, 0.29) is 36.5 Å². The molecule has 3 atom stereocenters. The quantitative estimate of drug-likeness (QED) is 0.674. The summed E-state index contributed by atoms with van der Waals surface area (Å²) in [5, 5.41) is 9.79. The zero-order valence-electron chi connectivity index (χ0n) is 20.0. The van der Waals surface area contributed by atoms with Gasteiger partial charge in [0.1, 0.15) is 18.0 Å². The largest absolute Gasteiger partial charge is 0.472 e. The van der Waals surface area contributed by atoms with Crippen molar-refractivity contribution < 1.29 is 14.6 Å². The van der Waals surface area contributed by atoms with Gasteiger partial charge in [-0.1, -0.05) is 32.6 Å². The number of hydrogen-bond acceptors (Lipinski definition) is 7. The molecule has 1 N–H and O–H groups in total. The first-order valence-electron chi connectivity index (χ1n) is 11.3. The molecule has 1 amide bonds. The number of rotatable bonds is 6. The predicted octanol–water partition coefficient (Wildman–Crippen LogP) is 2.23. The first kappa shape index (κ1) is 24.6. The van der Waals surface area contributed by atoms with Crippen LogP contribution in [0.1, 0.15) is 49.2 Å². The molecule has 2 aromatic heterocycles. The number of pyridine rings is 1. The van der Waals surface area contributed by atoms with Gasteiger partial charge >= 0.3 is 0 Å². The molecule has 8 nitrogen and oxygen atoms in total. The van der Waals surface area contributed by atoms with Gasteiger partial charge in [-0.05, 0) is 20.0 Å². The highest BCUT2D eigenvalue weighted by Crippen LogP contribution is 2.27. The van der Waals surface area contributed by atoms with E-state index in [4.69, 9.17) is 4.74 Å². The van der Waals surface area contributed by atoms with E-state index in [0.717, 1.165) is 5.56 Å². The molecule has 33 heavy (non-hydrogen) atoms. The SMILES string of the molecule is CC(C)C#Cc1cnc2c(c1)C(=O)N([C@H](C)CO)C[C@H](C)[C@H](CN(C)Cc1cncnc1)O2. The van der Waals surface area contributed by atoms with Gasteiger partial charge in [-0.15, -0.1) is 0 Å². The molecule has 0 aliphatic carbocycles. The first-order chi connectivity index (χ1) is 15.8. The van der Waals surface area contributed by atoms with Gasteiger partial charge < -0.3 is 14.7 Å². The molecule has 1 aliphatic heterocycles. The Bertz CT molecular complexity index is 1000. The van der Waals surface area contributed by atoms with Gasteiger partial charge in [0.25, 0.3) is 5.91 Å². The minimum absolute atomic E-state index is 0.0211. The molecule has 0 unspecified atom stereocenters. The molecule has 0 spiro atoms. The van der Waals surface area contributed by atoms with E-state index in [1.165, 1.54) is 6.33 Å². The van der Waals surface area contributed by atoms with Crippen LogP contribution in [0.5, 0.6) is 5.88 Å². The molecule has 3 rings (SSSR count). The van der Waals surface area contributed by atoms with Crippen molar-refractivity contribution >= 4 is 5.91 Å². The molecule has 3 heterocycles. The molecule has 8 heteroatoms. The molecule has 0 bridgehead atoms. The lowest BCUT2D eigenvalue weighted by Gasteiger charge is -2.37. The summed E-state index contributed by atoms with van der Waals surface area (Å²) >= 11 is 0. The number of nitrogens with zero attached hydrogens (tertiary/aromatic N) is 5. The predicted molar refractivity (Wildman–Crippen MR) is 125 cm³/mol. The molecule has 0 aromatic carbocycles. The molecule has 2 aromatic rings. The molecule has 0 radical (unpaired) electrons. The van der Waals surface area contributed by atoms with Crippen LogP contribution in [-0.2, 0) is 6.54 Å². The van der Waals surface area contributed by atoms with E-state index in [1.54, 1.807) is 29.6 Å². The summed E-state index contributed by atoms with van der Waals surface area (Å²) in [5.41, 5.74) is 2.06. The topological polar surface area (TPSA) is 91.7 Å². The number of carbonyl (C=O) groups excluding carboxylic acids is 1. The molecule has 0 saturated heterocycles. The van der Waals surface area contributed by atoms with Crippen molar-refractivity contribution in [2.24, 2.45) is 11.8 Å². The van der Waals surface area contributed by atoms with Crippen LogP contribution >= 0.6 is 0 Å². The summed E-state index contributed by atoms with van der Waals surface area (Å²) in [7, 11) is 2.01. The van der Waals surface area contributed by atoms with Crippen molar-refractivity contribution in [3.63, 3.8) is 0 Å². The molecule has 0 saturated carbocycles. The van der Waals surface area contributed by atoms with Gasteiger partial charge in [-0.25, -0.2) is 15.0 Å². The number of aliphatic hydroxyl groups is 1. The van der Waals surface area contributed by atoms with E-state index < -0.39 is 0 Å². The van der Waals surface area contributed by atoms with Gasteiger partial charge in [0.15, 0.2) is 0 Å². The number of hydrogen-bond donors (Lipinski definition) is 1. The van der Waals surface area contributed by atoms with Crippen LogP contribution in [0.4, 0.5) is 0 Å². The van der Waals surface area contributed by atoms with E-state index in [9.17, 15) is 9.90 Å². The maximum absolute atomic E-state index is 13.4. The zero-order valence-corrected chi connectivity index (χ0v) is 20.0. The number of aliphatic hydroxyl groups excluding tert-OH is 1. The Kier molecular flexibility index (Phi) is 8.37. The van der Waals surface area contributed by atoms with E-state index in [0.29, 0.717) is 36.6 Å². The second-order valence-electron chi connectivity index (χ2n) is 9.07.